The van der Waals surface area contributed by atoms with Gasteiger partial charge in [0, 0.05) is 74.3 Å². The molecule has 2 aliphatic rings. The predicted molar refractivity (Wildman–Crippen MR) is 491 cm³/mol. The van der Waals surface area contributed by atoms with E-state index in [2.05, 4.69) is 124 Å². The summed E-state index contributed by atoms with van der Waals surface area (Å²) in [7, 11) is 0. The summed E-state index contributed by atoms with van der Waals surface area (Å²) in [5.74, 6) is 0.614. The van der Waals surface area contributed by atoms with Crippen LogP contribution in [0.5, 0.6) is 0 Å². The van der Waals surface area contributed by atoms with Crippen molar-refractivity contribution >= 4 is 114 Å². The summed E-state index contributed by atoms with van der Waals surface area (Å²) in [5.41, 5.74) is 2.79. The largest absolute Gasteiger partial charge is 0.306 e. The van der Waals surface area contributed by atoms with E-state index in [9.17, 15) is 0 Å². The van der Waals surface area contributed by atoms with Crippen LogP contribution in [0.1, 0.15) is 369 Å². The van der Waals surface area contributed by atoms with Crippen molar-refractivity contribution < 1.29 is 9.59 Å². The van der Waals surface area contributed by atoms with Crippen LogP contribution in [0.4, 0.5) is 0 Å². The molecule has 2 atom stereocenters. The summed E-state index contributed by atoms with van der Waals surface area (Å²) >= 11 is 14.7. The van der Waals surface area contributed by atoms with Gasteiger partial charge in [0.15, 0.2) is 0 Å². The van der Waals surface area contributed by atoms with Gasteiger partial charge in [0.2, 0.25) is 0 Å². The Hall–Kier alpha value is -4.12. The number of carbonyl (C=O) groups is 2. The molecule has 0 N–H and O–H groups in total. The minimum Gasteiger partial charge on any atom is -0.306 e. The van der Waals surface area contributed by atoms with Gasteiger partial charge in [-0.05, 0) is 136 Å². The zero-order chi connectivity index (χ0) is 76.8. The molecule has 0 saturated carbocycles. The van der Waals surface area contributed by atoms with Crippen LogP contribution in [0.3, 0.4) is 0 Å². The van der Waals surface area contributed by atoms with E-state index in [1.54, 1.807) is 22.7 Å². The highest BCUT2D eigenvalue weighted by Crippen LogP contribution is 2.52. The molecule has 0 bridgehead atoms. The number of carbonyl (C=O) groups excluding carboxylic acids is 2. The Kier molecular flexibility index (Phi) is 40.4. The molecule has 10 heterocycles. The van der Waals surface area contributed by atoms with Crippen molar-refractivity contribution in [3.05, 3.63) is 116 Å². The third-order valence-corrected chi connectivity index (χ3v) is 32.9. The second-order valence-corrected chi connectivity index (χ2v) is 41.1. The second kappa shape index (κ2) is 50.4. The number of aromatic nitrogens is 2. The molecule has 0 fully saturated rings. The van der Waals surface area contributed by atoms with Crippen LogP contribution in [-0.4, -0.2) is 44.7 Å². The molecule has 110 heavy (non-hydrogen) atoms. The Morgan fingerprint density at radius 2 is 0.482 bits per heavy atom. The highest BCUT2D eigenvalue weighted by atomic mass is 32.1. The summed E-state index contributed by atoms with van der Waals surface area (Å²) in [4.78, 5) is 65.7. The SMILES string of the molecule is CCCCCCCCCCCCC(CCCCCCCCCC)CN1C(=O)C2=C(c3cnc(-c4ccc(-c5ccc(-c6ccc(CCCCCC)s6)s5)s4)s3)N(CC(CCCCCCCCCC)CCCCCCCCCCCC)C(=O)C2=C1c1cnc(-c2ccc(-c3ccc(-c4ccc(CCCCCC)s4)s3)s2)s1. The molecule has 2 amide bonds. The van der Waals surface area contributed by atoms with Gasteiger partial charge in [-0.3, -0.25) is 9.59 Å². The van der Waals surface area contributed by atoms with Crippen molar-refractivity contribution in [1.29, 1.82) is 0 Å². The summed E-state index contributed by atoms with van der Waals surface area (Å²) in [6, 6.07) is 27.6. The van der Waals surface area contributed by atoms with E-state index in [4.69, 9.17) is 9.97 Å². The summed E-state index contributed by atoms with van der Waals surface area (Å²) < 4.78 is 0. The Balaban J connectivity index is 0.994. The minimum absolute atomic E-state index is 0.00779. The standard InChI is InChI=1S/C96H138N4O2S8/c1-7-13-19-25-29-33-35-39-43-47-53-73(51-45-41-37-31-27-21-15-9-3)71-99-91(87-69-97-93(109-87)85-67-65-83(107-85)81-63-61-79(105-81)77-59-57-75(103-77)55-49-23-17-11-5)89-90(95(99)101)92(100(96(89)102)72-74(52-46-42-38-32-28-22-16-10-4)54-48-44-40-36-34-30-26-20-14-8-2)88-70-98-94(110-88)86-68-66-84(108-86)82-64-62-80(106-82)78-60-58-76(104-78)56-50-24-18-12-6/h57-70,73-74H,7-56,71-72H2,1-6H3. The van der Waals surface area contributed by atoms with Crippen LogP contribution in [-0.2, 0) is 22.4 Å². The molecule has 602 valence electrons. The Bertz CT molecular complexity index is 3690. The van der Waals surface area contributed by atoms with Gasteiger partial charge < -0.3 is 9.80 Å². The molecular weight excluding hydrogens is 1500 g/mol. The minimum atomic E-state index is -0.00779. The number of fused-ring (bicyclic) bond motifs is 1. The summed E-state index contributed by atoms with van der Waals surface area (Å²) in [6.07, 6.45) is 67.7. The van der Waals surface area contributed by atoms with E-state index < -0.39 is 0 Å². The van der Waals surface area contributed by atoms with Gasteiger partial charge in [0.05, 0.1) is 42.0 Å². The maximum absolute atomic E-state index is 16.7. The number of aryl methyl sites for hydroxylation is 2. The molecule has 10 rings (SSSR count). The number of rotatable bonds is 62. The molecule has 0 radical (unpaired) electrons. The molecule has 2 aliphatic heterocycles. The number of thiophene rings is 6. The fourth-order valence-corrected chi connectivity index (χ4v) is 25.1. The molecule has 0 spiro atoms. The van der Waals surface area contributed by atoms with Crippen molar-refractivity contribution in [2.75, 3.05) is 13.1 Å². The van der Waals surface area contributed by atoms with Crippen LogP contribution in [0, 0.1) is 11.8 Å². The Morgan fingerprint density at radius 1 is 0.255 bits per heavy atom. The predicted octanol–water partition coefficient (Wildman–Crippen LogP) is 33.9. The van der Waals surface area contributed by atoms with Crippen molar-refractivity contribution in [2.24, 2.45) is 11.8 Å². The number of amides is 2. The number of unbranched alkanes of at least 4 members (excludes halogenated alkanes) is 38. The Labute approximate surface area is 699 Å². The van der Waals surface area contributed by atoms with Crippen LogP contribution in [0.25, 0.3) is 70.2 Å². The van der Waals surface area contributed by atoms with E-state index in [-0.39, 0.29) is 11.8 Å². The van der Waals surface area contributed by atoms with Gasteiger partial charge in [-0.1, -0.05) is 311 Å². The zero-order valence-corrected chi connectivity index (χ0v) is 75.4. The molecule has 2 unspecified atom stereocenters. The zero-order valence-electron chi connectivity index (χ0n) is 68.9. The van der Waals surface area contributed by atoms with E-state index in [0.717, 1.165) is 66.6 Å². The number of nitrogens with zero attached hydrogens (tertiary/aromatic N) is 4. The van der Waals surface area contributed by atoms with Crippen molar-refractivity contribution in [3.63, 3.8) is 0 Å². The lowest BCUT2D eigenvalue weighted by molar-refractivity contribution is -0.124. The molecule has 6 nitrogen and oxygen atoms in total. The third-order valence-electron chi connectivity index (χ3n) is 23.1. The molecular formula is C96H138N4O2S8. The van der Waals surface area contributed by atoms with Gasteiger partial charge in [-0.25, -0.2) is 9.97 Å². The summed E-state index contributed by atoms with van der Waals surface area (Å²) in [5, 5.41) is 1.88. The van der Waals surface area contributed by atoms with Crippen LogP contribution < -0.4 is 0 Å². The number of hydrogen-bond donors (Lipinski definition) is 0. The fraction of sp³-hybridized carbons (Fsp3) is 0.625. The Morgan fingerprint density at radius 3 is 0.764 bits per heavy atom. The average molecular weight is 1640 g/mol. The lowest BCUT2D eigenvalue weighted by Crippen LogP contribution is -2.34. The normalized spacial score (nSPS) is 13.8. The van der Waals surface area contributed by atoms with Gasteiger partial charge in [0.25, 0.3) is 11.8 Å². The van der Waals surface area contributed by atoms with Gasteiger partial charge in [-0.2, -0.15) is 0 Å². The van der Waals surface area contributed by atoms with E-state index in [0.29, 0.717) is 36.1 Å². The quantitative estimate of drug-likeness (QED) is 0.0356. The van der Waals surface area contributed by atoms with Gasteiger partial charge in [0.1, 0.15) is 10.0 Å². The molecule has 0 aliphatic carbocycles. The molecule has 0 aromatic carbocycles. The van der Waals surface area contributed by atoms with Crippen LogP contribution in [0.2, 0.25) is 0 Å². The smallest absolute Gasteiger partial charge is 0.261 e. The van der Waals surface area contributed by atoms with E-state index in [1.165, 1.54) is 344 Å². The molecule has 8 aromatic rings. The second-order valence-electron chi connectivity index (χ2n) is 32.3. The van der Waals surface area contributed by atoms with Crippen LogP contribution in [0.15, 0.2) is 96.3 Å². The van der Waals surface area contributed by atoms with Gasteiger partial charge >= 0.3 is 0 Å². The van der Waals surface area contributed by atoms with Crippen molar-refractivity contribution in [1.82, 2.24) is 19.8 Å². The lowest BCUT2D eigenvalue weighted by Gasteiger charge is -2.29. The van der Waals surface area contributed by atoms with E-state index >= 15 is 9.59 Å². The number of thiazole rings is 2. The average Bonchev–Trinajstić information content (AvgIpc) is 1.55. The first kappa shape index (κ1) is 88.2. The van der Waals surface area contributed by atoms with Gasteiger partial charge in [-0.15, -0.1) is 90.7 Å². The lowest BCUT2D eigenvalue weighted by atomic mass is 9.93. The number of hydrogen-bond acceptors (Lipinski definition) is 12. The molecule has 0 saturated heterocycles. The fourth-order valence-electron chi connectivity index (χ4n) is 16.5. The van der Waals surface area contributed by atoms with E-state index in [1.807, 2.05) is 80.4 Å². The summed E-state index contributed by atoms with van der Waals surface area (Å²) in [6.45, 7) is 15.0. The first-order valence-corrected chi connectivity index (χ1v) is 51.4. The maximum Gasteiger partial charge on any atom is 0.261 e. The third kappa shape index (κ3) is 27.5. The first-order valence-electron chi connectivity index (χ1n) is 44.9. The maximum atomic E-state index is 16.7. The molecule has 14 heteroatoms. The first-order chi connectivity index (χ1) is 54.2. The van der Waals surface area contributed by atoms with Crippen molar-refractivity contribution in [3.8, 4) is 58.8 Å². The monoisotopic (exact) mass is 1630 g/mol. The molecule has 8 aromatic heterocycles. The van der Waals surface area contributed by atoms with Crippen molar-refractivity contribution in [2.45, 2.75) is 363 Å². The highest BCUT2D eigenvalue weighted by molar-refractivity contribution is 7.29. The topological polar surface area (TPSA) is 66.4 Å². The highest BCUT2D eigenvalue weighted by Gasteiger charge is 2.50. The van der Waals surface area contributed by atoms with Crippen LogP contribution >= 0.6 is 90.7 Å².